The largest absolute Gasteiger partial charge is 0.466 e. The molecule has 68 valence electrons. The van der Waals surface area contributed by atoms with Crippen molar-refractivity contribution in [2.75, 3.05) is 6.61 Å². The fourth-order valence-corrected chi connectivity index (χ4v) is 0.983. The van der Waals surface area contributed by atoms with Crippen LogP contribution in [0.5, 0.6) is 0 Å². The molecule has 0 N–H and O–H groups in total. The summed E-state index contributed by atoms with van der Waals surface area (Å²) in [5, 5.41) is 0. The third kappa shape index (κ3) is 2.29. The van der Waals surface area contributed by atoms with Crippen molar-refractivity contribution < 1.29 is 18.7 Å². The molecule has 1 rings (SSSR count). The highest BCUT2D eigenvalue weighted by molar-refractivity contribution is 5.98. The minimum atomic E-state index is -1.02. The summed E-state index contributed by atoms with van der Waals surface area (Å²) in [4.78, 5) is 21.7. The predicted molar refractivity (Wildman–Crippen MR) is 39.3 cm³/mol. The summed E-state index contributed by atoms with van der Waals surface area (Å²) in [5.74, 6) is -1.42. The summed E-state index contributed by atoms with van der Waals surface area (Å²) in [6.07, 6.45) is -1.02. The molecule has 1 saturated carbocycles. The Morgan fingerprint density at radius 2 is 2.17 bits per heavy atom. The number of Topliss-reactive ketones (excluding diaryl/α,β-unsaturated/α-hetero) is 1. The number of ketones is 1. The first-order valence-electron chi connectivity index (χ1n) is 3.97. The molecule has 0 unspecified atom stereocenters. The van der Waals surface area contributed by atoms with Gasteiger partial charge in [-0.3, -0.25) is 9.59 Å². The Kier molecular flexibility index (Phi) is 2.78. The van der Waals surface area contributed by atoms with E-state index in [1.165, 1.54) is 0 Å². The summed E-state index contributed by atoms with van der Waals surface area (Å²) < 4.78 is 16.8. The van der Waals surface area contributed by atoms with Gasteiger partial charge in [0.1, 0.15) is 18.4 Å². The van der Waals surface area contributed by atoms with Gasteiger partial charge in [0.25, 0.3) is 0 Å². The molecular formula is C8H11FO3. The van der Waals surface area contributed by atoms with Gasteiger partial charge in [-0.05, 0) is 13.3 Å². The minimum Gasteiger partial charge on any atom is -0.466 e. The van der Waals surface area contributed by atoms with Gasteiger partial charge in [-0.1, -0.05) is 0 Å². The number of alkyl halides is 1. The van der Waals surface area contributed by atoms with E-state index in [9.17, 15) is 14.0 Å². The summed E-state index contributed by atoms with van der Waals surface area (Å²) in [6, 6.07) is 0. The van der Waals surface area contributed by atoms with Gasteiger partial charge in [-0.15, -0.1) is 0 Å². The third-order valence-electron chi connectivity index (χ3n) is 1.75. The van der Waals surface area contributed by atoms with E-state index < -0.39 is 18.1 Å². The lowest BCUT2D eigenvalue weighted by atomic mass is 10.2. The molecule has 3 nitrogen and oxygen atoms in total. The van der Waals surface area contributed by atoms with Crippen molar-refractivity contribution in [1.29, 1.82) is 0 Å². The number of carbonyl (C=O) groups is 2. The normalized spacial score (nSPS) is 26.5. The van der Waals surface area contributed by atoms with E-state index in [1.807, 2.05) is 0 Å². The van der Waals surface area contributed by atoms with E-state index in [-0.39, 0.29) is 25.2 Å². The van der Waals surface area contributed by atoms with Gasteiger partial charge in [0.05, 0.1) is 12.5 Å². The molecule has 4 heteroatoms. The van der Waals surface area contributed by atoms with Crippen molar-refractivity contribution in [3.63, 3.8) is 0 Å². The second-order valence-corrected chi connectivity index (χ2v) is 2.81. The fourth-order valence-electron chi connectivity index (χ4n) is 0.983. The van der Waals surface area contributed by atoms with Crippen molar-refractivity contribution in [2.24, 2.45) is 5.92 Å². The van der Waals surface area contributed by atoms with Crippen LogP contribution >= 0.6 is 0 Å². The molecule has 0 heterocycles. The standard InChI is InChI=1S/C8H11FO3/c1-2-12-8(11)4-7(10)5-3-6(5)9/h5-6H,2-4H2,1H3/t5-,6+/m1/s1. The number of rotatable bonds is 4. The molecule has 2 atom stereocenters. The van der Waals surface area contributed by atoms with Crippen LogP contribution in [-0.2, 0) is 14.3 Å². The maximum atomic E-state index is 12.3. The number of halogens is 1. The van der Waals surface area contributed by atoms with Crippen LogP contribution in [0.25, 0.3) is 0 Å². The highest BCUT2D eigenvalue weighted by atomic mass is 19.1. The van der Waals surface area contributed by atoms with Crippen LogP contribution in [-0.4, -0.2) is 24.5 Å². The zero-order chi connectivity index (χ0) is 9.14. The first kappa shape index (κ1) is 9.16. The lowest BCUT2D eigenvalue weighted by Crippen LogP contribution is -2.13. The lowest BCUT2D eigenvalue weighted by molar-refractivity contribution is -0.145. The fraction of sp³-hybridized carbons (Fsp3) is 0.750. The van der Waals surface area contributed by atoms with E-state index in [4.69, 9.17) is 0 Å². The Balaban J connectivity index is 2.22. The molecule has 0 aromatic carbocycles. The van der Waals surface area contributed by atoms with Gasteiger partial charge in [-0.25, -0.2) is 4.39 Å². The monoisotopic (exact) mass is 174 g/mol. The highest BCUT2D eigenvalue weighted by Gasteiger charge is 2.43. The number of hydrogen-bond donors (Lipinski definition) is 0. The van der Waals surface area contributed by atoms with Crippen molar-refractivity contribution in [3.8, 4) is 0 Å². The molecule has 0 aromatic rings. The first-order valence-corrected chi connectivity index (χ1v) is 3.97. The second kappa shape index (κ2) is 3.65. The average Bonchev–Trinajstić information content (AvgIpc) is 2.67. The molecular weight excluding hydrogens is 163 g/mol. The number of hydrogen-bond acceptors (Lipinski definition) is 3. The second-order valence-electron chi connectivity index (χ2n) is 2.81. The van der Waals surface area contributed by atoms with E-state index in [1.54, 1.807) is 6.92 Å². The number of esters is 1. The Hall–Kier alpha value is -0.930. The molecule has 1 aliphatic rings. The maximum absolute atomic E-state index is 12.3. The predicted octanol–water partition coefficient (Wildman–Crippen LogP) is 0.867. The molecule has 0 amide bonds. The van der Waals surface area contributed by atoms with Gasteiger partial charge >= 0.3 is 5.97 Å². The quantitative estimate of drug-likeness (QED) is 0.469. The Bertz CT molecular complexity index is 202. The van der Waals surface area contributed by atoms with Gasteiger partial charge in [0.2, 0.25) is 0 Å². The van der Waals surface area contributed by atoms with Crippen LogP contribution < -0.4 is 0 Å². The number of carbonyl (C=O) groups excluding carboxylic acids is 2. The van der Waals surface area contributed by atoms with Crippen LogP contribution in [0.2, 0.25) is 0 Å². The van der Waals surface area contributed by atoms with Crippen LogP contribution in [0.1, 0.15) is 19.8 Å². The van der Waals surface area contributed by atoms with Gasteiger partial charge in [0.15, 0.2) is 0 Å². The smallest absolute Gasteiger partial charge is 0.313 e. The molecule has 1 aliphatic carbocycles. The first-order chi connectivity index (χ1) is 5.65. The topological polar surface area (TPSA) is 43.4 Å². The van der Waals surface area contributed by atoms with Crippen LogP contribution in [0, 0.1) is 5.92 Å². The van der Waals surface area contributed by atoms with Crippen LogP contribution in [0.3, 0.4) is 0 Å². The lowest BCUT2D eigenvalue weighted by Gasteiger charge is -1.98. The summed E-state index contributed by atoms with van der Waals surface area (Å²) in [6.45, 7) is 1.92. The van der Waals surface area contributed by atoms with E-state index in [0.29, 0.717) is 0 Å². The van der Waals surface area contributed by atoms with Gasteiger partial charge in [0, 0.05) is 0 Å². The maximum Gasteiger partial charge on any atom is 0.313 e. The van der Waals surface area contributed by atoms with Crippen LogP contribution in [0.4, 0.5) is 4.39 Å². The molecule has 1 fully saturated rings. The Labute approximate surface area is 69.9 Å². The van der Waals surface area contributed by atoms with Gasteiger partial charge < -0.3 is 4.74 Å². The zero-order valence-electron chi connectivity index (χ0n) is 6.88. The van der Waals surface area contributed by atoms with E-state index in [0.717, 1.165) is 0 Å². The van der Waals surface area contributed by atoms with Crippen molar-refractivity contribution in [1.82, 2.24) is 0 Å². The number of ether oxygens (including phenoxy) is 1. The molecule has 0 spiro atoms. The average molecular weight is 174 g/mol. The molecule has 0 aliphatic heterocycles. The molecule has 0 bridgehead atoms. The summed E-state index contributed by atoms with van der Waals surface area (Å²) >= 11 is 0. The third-order valence-corrected chi connectivity index (χ3v) is 1.75. The van der Waals surface area contributed by atoms with Gasteiger partial charge in [-0.2, -0.15) is 0 Å². The van der Waals surface area contributed by atoms with E-state index in [2.05, 4.69) is 4.74 Å². The zero-order valence-corrected chi connectivity index (χ0v) is 6.88. The molecule has 0 radical (unpaired) electrons. The summed E-state index contributed by atoms with van der Waals surface area (Å²) in [5.41, 5.74) is 0. The SMILES string of the molecule is CCOC(=O)CC(=O)[C@@H]1C[C@@H]1F. The Morgan fingerprint density at radius 1 is 1.58 bits per heavy atom. The molecule has 0 aromatic heterocycles. The minimum absolute atomic E-state index is 0.260. The summed E-state index contributed by atoms with van der Waals surface area (Å²) in [7, 11) is 0. The molecule has 12 heavy (non-hydrogen) atoms. The highest BCUT2D eigenvalue weighted by Crippen LogP contribution is 2.35. The molecule has 0 saturated heterocycles. The van der Waals surface area contributed by atoms with E-state index >= 15 is 0 Å². The van der Waals surface area contributed by atoms with Crippen molar-refractivity contribution in [3.05, 3.63) is 0 Å². The Morgan fingerprint density at radius 3 is 2.58 bits per heavy atom. The van der Waals surface area contributed by atoms with Crippen molar-refractivity contribution in [2.45, 2.75) is 25.9 Å². The van der Waals surface area contributed by atoms with Crippen LogP contribution in [0.15, 0.2) is 0 Å². The van der Waals surface area contributed by atoms with Crippen molar-refractivity contribution >= 4 is 11.8 Å².